The number of carbonyl (C=O) groups is 6. The highest BCUT2D eigenvalue weighted by Gasteiger charge is 2.49. The zero-order valence-corrected chi connectivity index (χ0v) is 14.3. The number of rotatable bonds is 9. The zero-order chi connectivity index (χ0) is 20.6. The maximum atomic E-state index is 11.4. The summed E-state index contributed by atoms with van der Waals surface area (Å²) in [4.78, 5) is 67.7. The summed E-state index contributed by atoms with van der Waals surface area (Å²) in [7, 11) is 0. The summed E-state index contributed by atoms with van der Waals surface area (Å²) in [5.41, 5.74) is 0. The normalized spacial score (nSPS) is 14.8. The largest absolute Gasteiger partial charge is 0.478 e. The molecular formula is C14H18O12. The fourth-order valence-electron chi connectivity index (χ4n) is 1.86. The topological polar surface area (TPSA) is 180 Å². The van der Waals surface area contributed by atoms with Gasteiger partial charge in [0.15, 0.2) is 12.2 Å². The molecule has 0 aromatic carbocycles. The third kappa shape index (κ3) is 7.59. The van der Waals surface area contributed by atoms with Crippen molar-refractivity contribution in [2.24, 2.45) is 0 Å². The number of ether oxygens (including phenoxy) is 4. The van der Waals surface area contributed by atoms with Gasteiger partial charge in [-0.2, -0.15) is 0 Å². The molecule has 0 radical (unpaired) electrons. The summed E-state index contributed by atoms with van der Waals surface area (Å²) >= 11 is 0. The summed E-state index contributed by atoms with van der Waals surface area (Å²) in [6.45, 7) is 3.41. The highest BCUT2D eigenvalue weighted by atomic mass is 16.6. The number of hydrogen-bond acceptors (Lipinski definition) is 10. The average molecular weight is 378 g/mol. The van der Waals surface area contributed by atoms with E-state index in [1.54, 1.807) is 0 Å². The number of carboxylic acids is 2. The standard InChI is InChI=1S/C14H18O12/c1-5(15)23-9(11(13(19)20)25-7(3)17)10(24-6(2)16)12(14(21)22)26-8(4)18/h9-12H,1-4H3,(H,19,20)(H,21,22)/t9-,10-,11-,12+/m0/s1. The second kappa shape index (κ2) is 9.96. The van der Waals surface area contributed by atoms with E-state index in [4.69, 9.17) is 9.47 Å². The van der Waals surface area contributed by atoms with Crippen molar-refractivity contribution in [3.05, 3.63) is 0 Å². The lowest BCUT2D eigenvalue weighted by atomic mass is 10.0. The van der Waals surface area contributed by atoms with E-state index in [9.17, 15) is 39.0 Å². The van der Waals surface area contributed by atoms with Crippen molar-refractivity contribution in [3.8, 4) is 0 Å². The van der Waals surface area contributed by atoms with Gasteiger partial charge in [-0.05, 0) is 0 Å². The molecule has 0 aliphatic rings. The average Bonchev–Trinajstić information content (AvgIpc) is 2.44. The van der Waals surface area contributed by atoms with Crippen molar-refractivity contribution in [1.82, 2.24) is 0 Å². The fraction of sp³-hybridized carbons (Fsp3) is 0.571. The third-order valence-electron chi connectivity index (χ3n) is 2.60. The molecule has 0 spiro atoms. The summed E-state index contributed by atoms with van der Waals surface area (Å²) < 4.78 is 18.5. The molecule has 12 nitrogen and oxygen atoms in total. The predicted octanol–water partition coefficient (Wildman–Crippen LogP) is -1.12. The van der Waals surface area contributed by atoms with Gasteiger partial charge in [0, 0.05) is 27.7 Å². The Morgan fingerprint density at radius 2 is 0.769 bits per heavy atom. The van der Waals surface area contributed by atoms with E-state index >= 15 is 0 Å². The smallest absolute Gasteiger partial charge is 0.349 e. The molecule has 0 amide bonds. The van der Waals surface area contributed by atoms with Crippen molar-refractivity contribution in [3.63, 3.8) is 0 Å². The maximum absolute atomic E-state index is 11.4. The first-order chi connectivity index (χ1) is 11.9. The lowest BCUT2D eigenvalue weighted by molar-refractivity contribution is -0.206. The van der Waals surface area contributed by atoms with E-state index in [-0.39, 0.29) is 0 Å². The van der Waals surface area contributed by atoms with Gasteiger partial charge in [0.05, 0.1) is 0 Å². The van der Waals surface area contributed by atoms with Gasteiger partial charge in [-0.3, -0.25) is 19.2 Å². The van der Waals surface area contributed by atoms with Crippen LogP contribution < -0.4 is 0 Å². The van der Waals surface area contributed by atoms with Gasteiger partial charge in [-0.25, -0.2) is 9.59 Å². The summed E-state index contributed by atoms with van der Waals surface area (Å²) in [6.07, 6.45) is -8.70. The van der Waals surface area contributed by atoms with Crippen LogP contribution in [0.5, 0.6) is 0 Å². The van der Waals surface area contributed by atoms with E-state index < -0.39 is 60.2 Å². The van der Waals surface area contributed by atoms with Crippen LogP contribution in [-0.2, 0) is 47.7 Å². The van der Waals surface area contributed by atoms with Crippen LogP contribution in [0.3, 0.4) is 0 Å². The quantitative estimate of drug-likeness (QED) is 0.365. The molecule has 0 aliphatic heterocycles. The minimum Gasteiger partial charge on any atom is -0.478 e. The van der Waals surface area contributed by atoms with E-state index in [0.29, 0.717) is 0 Å². The van der Waals surface area contributed by atoms with Gasteiger partial charge in [0.25, 0.3) is 0 Å². The Morgan fingerprint density at radius 3 is 0.923 bits per heavy atom. The fourth-order valence-corrected chi connectivity index (χ4v) is 1.86. The Kier molecular flexibility index (Phi) is 8.74. The van der Waals surface area contributed by atoms with Gasteiger partial charge in [-0.1, -0.05) is 0 Å². The molecule has 4 atom stereocenters. The number of carbonyl (C=O) groups excluding carboxylic acids is 4. The van der Waals surface area contributed by atoms with Crippen LogP contribution in [0, 0.1) is 0 Å². The minimum absolute atomic E-state index is 0.850. The molecule has 0 aromatic rings. The Morgan fingerprint density at radius 1 is 0.538 bits per heavy atom. The zero-order valence-electron chi connectivity index (χ0n) is 14.3. The second-order valence-corrected chi connectivity index (χ2v) is 4.88. The lowest BCUT2D eigenvalue weighted by Crippen LogP contribution is -2.56. The first-order valence-electron chi connectivity index (χ1n) is 7.01. The molecule has 2 N–H and O–H groups in total. The first-order valence-corrected chi connectivity index (χ1v) is 7.01. The molecular weight excluding hydrogens is 360 g/mol. The molecule has 0 heterocycles. The molecule has 12 heteroatoms. The lowest BCUT2D eigenvalue weighted by Gasteiger charge is -2.32. The Balaban J connectivity index is 6.20. The summed E-state index contributed by atoms with van der Waals surface area (Å²) in [6, 6.07) is 0. The molecule has 0 rings (SSSR count). The molecule has 146 valence electrons. The Labute approximate surface area is 146 Å². The first kappa shape index (κ1) is 22.8. The molecule has 0 bridgehead atoms. The van der Waals surface area contributed by atoms with Crippen LogP contribution in [-0.4, -0.2) is 70.4 Å². The van der Waals surface area contributed by atoms with Crippen molar-refractivity contribution < 1.29 is 57.9 Å². The van der Waals surface area contributed by atoms with Gasteiger partial charge < -0.3 is 29.2 Å². The summed E-state index contributed by atoms with van der Waals surface area (Å²) in [5.74, 6) is -8.05. The van der Waals surface area contributed by atoms with Gasteiger partial charge in [0.2, 0.25) is 12.2 Å². The third-order valence-corrected chi connectivity index (χ3v) is 2.60. The van der Waals surface area contributed by atoms with Crippen molar-refractivity contribution in [2.45, 2.75) is 52.1 Å². The summed E-state index contributed by atoms with van der Waals surface area (Å²) in [5, 5.41) is 18.5. The van der Waals surface area contributed by atoms with Crippen LogP contribution in [0.4, 0.5) is 0 Å². The van der Waals surface area contributed by atoms with Crippen molar-refractivity contribution >= 4 is 35.8 Å². The molecule has 0 unspecified atom stereocenters. The van der Waals surface area contributed by atoms with Gasteiger partial charge >= 0.3 is 35.8 Å². The molecule has 26 heavy (non-hydrogen) atoms. The molecule has 0 aromatic heterocycles. The predicted molar refractivity (Wildman–Crippen MR) is 77.5 cm³/mol. The highest BCUT2D eigenvalue weighted by molar-refractivity contribution is 5.81. The number of esters is 4. The Hall–Kier alpha value is -3.18. The highest BCUT2D eigenvalue weighted by Crippen LogP contribution is 2.20. The van der Waals surface area contributed by atoms with Crippen LogP contribution in [0.1, 0.15) is 27.7 Å². The van der Waals surface area contributed by atoms with E-state index in [0.717, 1.165) is 27.7 Å². The van der Waals surface area contributed by atoms with Crippen LogP contribution in [0.2, 0.25) is 0 Å². The van der Waals surface area contributed by atoms with E-state index in [2.05, 4.69) is 9.47 Å². The van der Waals surface area contributed by atoms with Crippen LogP contribution >= 0.6 is 0 Å². The van der Waals surface area contributed by atoms with E-state index in [1.165, 1.54) is 0 Å². The monoisotopic (exact) mass is 378 g/mol. The van der Waals surface area contributed by atoms with Crippen LogP contribution in [0.25, 0.3) is 0 Å². The van der Waals surface area contributed by atoms with Crippen molar-refractivity contribution in [2.75, 3.05) is 0 Å². The molecule has 0 saturated carbocycles. The van der Waals surface area contributed by atoms with Gasteiger partial charge in [0.1, 0.15) is 0 Å². The number of aliphatic carboxylic acids is 2. The second-order valence-electron chi connectivity index (χ2n) is 4.88. The van der Waals surface area contributed by atoms with Crippen molar-refractivity contribution in [1.29, 1.82) is 0 Å². The maximum Gasteiger partial charge on any atom is 0.349 e. The SMILES string of the molecule is CC(=O)O[C@@H]([C@H](OC(C)=O)[C@@H](OC(C)=O)C(=O)O)[C@H](OC(C)=O)C(=O)O. The van der Waals surface area contributed by atoms with Gasteiger partial charge in [-0.15, -0.1) is 0 Å². The molecule has 0 fully saturated rings. The van der Waals surface area contributed by atoms with E-state index in [1.807, 2.05) is 0 Å². The van der Waals surface area contributed by atoms with Crippen LogP contribution in [0.15, 0.2) is 0 Å². The number of carboxylic acid groups (broad SMARTS) is 2. The molecule has 0 aliphatic carbocycles. The number of hydrogen-bond donors (Lipinski definition) is 2. The Bertz CT molecular complexity index is 543. The molecule has 0 saturated heterocycles. The minimum atomic E-state index is -2.24.